The van der Waals surface area contributed by atoms with E-state index in [0.717, 1.165) is 6.08 Å². The Morgan fingerprint density at radius 3 is 2.33 bits per heavy atom. The first-order chi connectivity index (χ1) is 5.58. The van der Waals surface area contributed by atoms with Crippen molar-refractivity contribution in [2.24, 2.45) is 0 Å². The summed E-state index contributed by atoms with van der Waals surface area (Å²) < 4.78 is 14.1. The Bertz CT molecular complexity index is 165. The summed E-state index contributed by atoms with van der Waals surface area (Å²) in [5, 5.41) is 0. The SMILES string of the molecule is C=CC(=O)[O][Ti][C](C)(OC)OC. The average molecular weight is 208 g/mol. The maximum atomic E-state index is 10.7. The van der Waals surface area contributed by atoms with Crippen LogP contribution in [0.25, 0.3) is 0 Å². The Kier molecular flexibility index (Phi) is 5.41. The monoisotopic (exact) mass is 208 g/mol. The molecule has 0 spiro atoms. The maximum absolute atomic E-state index is 10.7. The molecule has 0 heterocycles. The van der Waals surface area contributed by atoms with E-state index in [1.165, 1.54) is 14.2 Å². The van der Waals surface area contributed by atoms with Crippen molar-refractivity contribution in [1.29, 1.82) is 0 Å². The summed E-state index contributed by atoms with van der Waals surface area (Å²) in [6.45, 7) is 5.00. The first-order valence-corrected chi connectivity index (χ1v) is 4.70. The van der Waals surface area contributed by atoms with E-state index in [2.05, 4.69) is 6.58 Å². The van der Waals surface area contributed by atoms with Gasteiger partial charge in [-0.05, 0) is 0 Å². The molecule has 0 atom stereocenters. The summed E-state index contributed by atoms with van der Waals surface area (Å²) in [4.78, 5) is 10.7. The van der Waals surface area contributed by atoms with Crippen molar-refractivity contribution < 1.29 is 37.1 Å². The molecule has 0 aromatic rings. The van der Waals surface area contributed by atoms with Gasteiger partial charge in [-0.1, -0.05) is 0 Å². The topological polar surface area (TPSA) is 44.8 Å². The summed E-state index contributed by atoms with van der Waals surface area (Å²) in [6, 6.07) is 0. The molecular formula is C7H12O4Ti. The molecule has 0 saturated carbocycles. The molecule has 0 aromatic carbocycles. The van der Waals surface area contributed by atoms with Crippen molar-refractivity contribution in [3.8, 4) is 0 Å². The van der Waals surface area contributed by atoms with E-state index in [-0.39, 0.29) is 0 Å². The van der Waals surface area contributed by atoms with Crippen LogP contribution in [0.4, 0.5) is 0 Å². The fourth-order valence-corrected chi connectivity index (χ4v) is 1.19. The molecule has 0 aliphatic heterocycles. The molecule has 5 heteroatoms. The van der Waals surface area contributed by atoms with Crippen LogP contribution in [-0.2, 0) is 37.1 Å². The molecule has 0 saturated heterocycles. The Morgan fingerprint density at radius 2 is 2.00 bits per heavy atom. The molecular weight excluding hydrogens is 196 g/mol. The van der Waals surface area contributed by atoms with Gasteiger partial charge >= 0.3 is 81.0 Å². The van der Waals surface area contributed by atoms with E-state index >= 15 is 0 Å². The van der Waals surface area contributed by atoms with Gasteiger partial charge in [0.05, 0.1) is 0 Å². The minimum absolute atomic E-state index is 0.435. The molecule has 0 N–H and O–H groups in total. The van der Waals surface area contributed by atoms with Gasteiger partial charge in [-0.2, -0.15) is 0 Å². The van der Waals surface area contributed by atoms with Crippen LogP contribution in [0.2, 0.25) is 0 Å². The predicted octanol–water partition coefficient (Wildman–Crippen LogP) is 0.680. The van der Waals surface area contributed by atoms with Crippen LogP contribution < -0.4 is 0 Å². The molecule has 12 heavy (non-hydrogen) atoms. The van der Waals surface area contributed by atoms with Gasteiger partial charge in [-0.3, -0.25) is 0 Å². The van der Waals surface area contributed by atoms with Gasteiger partial charge < -0.3 is 0 Å². The first kappa shape index (κ1) is 11.8. The number of hydrogen-bond acceptors (Lipinski definition) is 4. The van der Waals surface area contributed by atoms with Crippen LogP contribution in [0.5, 0.6) is 0 Å². The zero-order valence-corrected chi connectivity index (χ0v) is 8.98. The van der Waals surface area contributed by atoms with Crippen LogP contribution in [0, 0.1) is 0 Å². The number of carbonyl (C=O) groups is 1. The van der Waals surface area contributed by atoms with E-state index in [1.54, 1.807) is 6.92 Å². The fraction of sp³-hybridized carbons (Fsp3) is 0.571. The third-order valence-electron chi connectivity index (χ3n) is 1.28. The molecule has 0 rings (SSSR count). The van der Waals surface area contributed by atoms with Crippen molar-refractivity contribution >= 4 is 5.97 Å². The second kappa shape index (κ2) is 5.48. The fourth-order valence-electron chi connectivity index (χ4n) is 0.351. The summed E-state index contributed by atoms with van der Waals surface area (Å²) in [5.41, 5.74) is 0. The second-order valence-corrected chi connectivity index (χ2v) is 4.14. The van der Waals surface area contributed by atoms with E-state index in [0.29, 0.717) is 0 Å². The number of rotatable bonds is 5. The molecule has 68 valence electrons. The van der Waals surface area contributed by atoms with Gasteiger partial charge in [0.2, 0.25) is 0 Å². The minimum atomic E-state index is -1.07. The molecule has 0 aliphatic carbocycles. The Morgan fingerprint density at radius 1 is 1.50 bits per heavy atom. The molecule has 0 radical (unpaired) electrons. The van der Waals surface area contributed by atoms with E-state index in [1.807, 2.05) is 0 Å². The molecule has 0 unspecified atom stereocenters. The molecule has 0 aromatic heterocycles. The van der Waals surface area contributed by atoms with Crippen molar-refractivity contribution in [2.75, 3.05) is 14.2 Å². The third kappa shape index (κ3) is 4.02. The van der Waals surface area contributed by atoms with Crippen LogP contribution >= 0.6 is 0 Å². The van der Waals surface area contributed by atoms with Gasteiger partial charge in [0.1, 0.15) is 0 Å². The third-order valence-corrected chi connectivity index (χ3v) is 2.97. The average Bonchev–Trinajstić information content (AvgIpc) is 2.13. The van der Waals surface area contributed by atoms with Crippen molar-refractivity contribution in [2.45, 2.75) is 11.0 Å². The summed E-state index contributed by atoms with van der Waals surface area (Å²) in [6.07, 6.45) is 1.12. The van der Waals surface area contributed by atoms with Gasteiger partial charge in [0.15, 0.2) is 0 Å². The van der Waals surface area contributed by atoms with Gasteiger partial charge in [-0.15, -0.1) is 0 Å². The van der Waals surface area contributed by atoms with E-state index in [9.17, 15) is 4.79 Å². The Labute approximate surface area is 81.3 Å². The standard InChI is InChI=1S/C4H9O2.C3H4O2.Ti/c1-4(5-2)6-3;1-2-3(4)5;/h1-3H3;2H,1H2,(H,4,5);/q;;+1/p-1. The van der Waals surface area contributed by atoms with Crippen molar-refractivity contribution in [3.63, 3.8) is 0 Å². The Hall–Kier alpha value is -0.156. The van der Waals surface area contributed by atoms with Crippen LogP contribution in [0.3, 0.4) is 0 Å². The molecule has 0 amide bonds. The zero-order valence-electron chi connectivity index (χ0n) is 7.42. The number of ether oxygens (including phenoxy) is 2. The second-order valence-electron chi connectivity index (χ2n) is 2.08. The number of hydrogen-bond donors (Lipinski definition) is 0. The summed E-state index contributed by atoms with van der Waals surface area (Å²) in [7, 11) is 3.02. The summed E-state index contributed by atoms with van der Waals surface area (Å²) in [5.74, 6) is -0.435. The van der Waals surface area contributed by atoms with Crippen LogP contribution in [-0.4, -0.2) is 24.3 Å². The number of carbonyl (C=O) groups excluding carboxylic acids is 1. The quantitative estimate of drug-likeness (QED) is 0.378. The van der Waals surface area contributed by atoms with Crippen LogP contribution in [0.15, 0.2) is 12.7 Å². The zero-order chi connectivity index (χ0) is 9.61. The summed E-state index contributed by atoms with van der Waals surface area (Å²) >= 11 is -1.07. The van der Waals surface area contributed by atoms with Crippen molar-refractivity contribution in [1.82, 2.24) is 0 Å². The molecule has 0 fully saturated rings. The molecule has 0 bridgehead atoms. The van der Waals surface area contributed by atoms with Crippen molar-refractivity contribution in [3.05, 3.63) is 12.7 Å². The molecule has 0 aliphatic rings. The Balaban J connectivity index is 3.88. The van der Waals surface area contributed by atoms with Gasteiger partial charge in [-0.25, -0.2) is 0 Å². The normalized spacial score (nSPS) is 10.6. The molecule has 4 nitrogen and oxygen atoms in total. The van der Waals surface area contributed by atoms with Gasteiger partial charge in [0.25, 0.3) is 0 Å². The van der Waals surface area contributed by atoms with Crippen LogP contribution in [0.1, 0.15) is 6.92 Å². The predicted molar refractivity (Wildman–Crippen MR) is 38.7 cm³/mol. The van der Waals surface area contributed by atoms with Gasteiger partial charge in [0, 0.05) is 0 Å². The van der Waals surface area contributed by atoms with E-state index in [4.69, 9.17) is 12.8 Å². The van der Waals surface area contributed by atoms with E-state index < -0.39 is 29.6 Å². The first-order valence-electron chi connectivity index (χ1n) is 3.28. The number of methoxy groups -OCH3 is 2.